The lowest BCUT2D eigenvalue weighted by Crippen LogP contribution is -2.48. The normalized spacial score (nSPS) is 34.4. The van der Waals surface area contributed by atoms with Gasteiger partial charge in [0, 0.05) is 0 Å². The van der Waals surface area contributed by atoms with E-state index in [1.807, 2.05) is 0 Å². The van der Waals surface area contributed by atoms with Crippen LogP contribution < -0.4 is 0 Å². The standard InChI is InChI=1S/C10H11F9/c1-4-2-6(9(14,15)16)7(10(17,18)19)3-5(4)8(11,12)13/h4-7H,2-3H2,1H3. The summed E-state index contributed by atoms with van der Waals surface area (Å²) >= 11 is 0. The van der Waals surface area contributed by atoms with Crippen LogP contribution in [-0.4, -0.2) is 18.5 Å². The van der Waals surface area contributed by atoms with Crippen LogP contribution in [0, 0.1) is 23.7 Å². The summed E-state index contributed by atoms with van der Waals surface area (Å²) in [6.07, 6.45) is -18.1. The fourth-order valence-corrected chi connectivity index (χ4v) is 2.58. The second-order valence-corrected chi connectivity index (χ2v) is 4.89. The van der Waals surface area contributed by atoms with Gasteiger partial charge in [-0.15, -0.1) is 0 Å². The first-order valence-electron chi connectivity index (χ1n) is 5.44. The van der Waals surface area contributed by atoms with Crippen molar-refractivity contribution in [3.63, 3.8) is 0 Å². The summed E-state index contributed by atoms with van der Waals surface area (Å²) in [6, 6.07) is 0. The molecule has 1 aliphatic rings. The van der Waals surface area contributed by atoms with Crippen LogP contribution in [0.5, 0.6) is 0 Å². The topological polar surface area (TPSA) is 0 Å². The number of alkyl halides is 9. The molecule has 1 saturated carbocycles. The predicted octanol–water partition coefficient (Wildman–Crippen LogP) is 4.95. The zero-order valence-electron chi connectivity index (χ0n) is 9.63. The third kappa shape index (κ3) is 3.68. The lowest BCUT2D eigenvalue weighted by atomic mass is 9.68. The van der Waals surface area contributed by atoms with Crippen LogP contribution in [0.1, 0.15) is 19.8 Å². The third-order valence-electron chi connectivity index (χ3n) is 3.57. The van der Waals surface area contributed by atoms with Gasteiger partial charge >= 0.3 is 18.5 Å². The van der Waals surface area contributed by atoms with E-state index in [4.69, 9.17) is 0 Å². The summed E-state index contributed by atoms with van der Waals surface area (Å²) in [6.45, 7) is 0.906. The van der Waals surface area contributed by atoms with Gasteiger partial charge in [-0.3, -0.25) is 0 Å². The van der Waals surface area contributed by atoms with Crippen molar-refractivity contribution in [1.82, 2.24) is 0 Å². The van der Waals surface area contributed by atoms with E-state index in [0.717, 1.165) is 6.92 Å². The molecule has 0 spiro atoms. The van der Waals surface area contributed by atoms with Crippen molar-refractivity contribution >= 4 is 0 Å². The van der Waals surface area contributed by atoms with Gasteiger partial charge in [0.2, 0.25) is 0 Å². The molecule has 19 heavy (non-hydrogen) atoms. The fraction of sp³-hybridized carbons (Fsp3) is 1.00. The molecule has 4 atom stereocenters. The van der Waals surface area contributed by atoms with E-state index in [-0.39, 0.29) is 0 Å². The molecule has 0 heterocycles. The summed E-state index contributed by atoms with van der Waals surface area (Å²) in [4.78, 5) is 0. The Balaban J connectivity index is 3.07. The van der Waals surface area contributed by atoms with Gasteiger partial charge < -0.3 is 0 Å². The van der Waals surface area contributed by atoms with E-state index in [1.54, 1.807) is 0 Å². The summed E-state index contributed by atoms with van der Waals surface area (Å²) < 4.78 is 113. The van der Waals surface area contributed by atoms with Crippen molar-refractivity contribution in [3.8, 4) is 0 Å². The van der Waals surface area contributed by atoms with Crippen molar-refractivity contribution in [1.29, 1.82) is 0 Å². The summed E-state index contributed by atoms with van der Waals surface area (Å²) in [5.41, 5.74) is 0. The highest BCUT2D eigenvalue weighted by atomic mass is 19.4. The lowest BCUT2D eigenvalue weighted by Gasteiger charge is -2.42. The van der Waals surface area contributed by atoms with E-state index in [9.17, 15) is 39.5 Å². The first kappa shape index (κ1) is 16.4. The van der Waals surface area contributed by atoms with E-state index in [0.29, 0.717) is 0 Å². The molecule has 0 nitrogen and oxygen atoms in total. The van der Waals surface area contributed by atoms with Gasteiger partial charge in [0.05, 0.1) is 17.8 Å². The predicted molar refractivity (Wildman–Crippen MR) is 47.0 cm³/mol. The second-order valence-electron chi connectivity index (χ2n) is 4.89. The molecule has 0 aromatic rings. The first-order valence-corrected chi connectivity index (χ1v) is 5.44. The van der Waals surface area contributed by atoms with Gasteiger partial charge in [-0.05, 0) is 18.8 Å². The average Bonchev–Trinajstić information content (AvgIpc) is 2.11. The van der Waals surface area contributed by atoms with Gasteiger partial charge in [0.25, 0.3) is 0 Å². The molecule has 0 amide bonds. The highest BCUT2D eigenvalue weighted by Crippen LogP contribution is 2.54. The molecule has 0 bridgehead atoms. The maximum atomic E-state index is 12.5. The number of halogens is 9. The van der Waals surface area contributed by atoms with Crippen molar-refractivity contribution in [2.24, 2.45) is 23.7 Å². The molecule has 114 valence electrons. The quantitative estimate of drug-likeness (QED) is 0.555. The van der Waals surface area contributed by atoms with E-state index < -0.39 is 55.0 Å². The molecule has 0 aromatic heterocycles. The van der Waals surface area contributed by atoms with Crippen molar-refractivity contribution < 1.29 is 39.5 Å². The minimum atomic E-state index is -5.29. The molecule has 0 radical (unpaired) electrons. The second kappa shape index (κ2) is 4.73. The van der Waals surface area contributed by atoms with Crippen LogP contribution in [-0.2, 0) is 0 Å². The minimum absolute atomic E-state index is 0.906. The zero-order valence-corrected chi connectivity index (χ0v) is 9.63. The number of hydrogen-bond acceptors (Lipinski definition) is 0. The molecule has 0 N–H and O–H groups in total. The van der Waals surface area contributed by atoms with Gasteiger partial charge in [-0.1, -0.05) is 6.92 Å². The smallest absolute Gasteiger partial charge is 0.171 e. The molecular weight excluding hydrogens is 291 g/mol. The van der Waals surface area contributed by atoms with Crippen molar-refractivity contribution in [3.05, 3.63) is 0 Å². The Kier molecular flexibility index (Phi) is 4.09. The highest BCUT2D eigenvalue weighted by molar-refractivity contribution is 4.92. The molecule has 1 fully saturated rings. The third-order valence-corrected chi connectivity index (χ3v) is 3.57. The minimum Gasteiger partial charge on any atom is -0.171 e. The number of rotatable bonds is 0. The van der Waals surface area contributed by atoms with Crippen LogP contribution in [0.4, 0.5) is 39.5 Å². The SMILES string of the molecule is CC1CC(C(F)(F)F)C(C(F)(F)F)CC1C(F)(F)F. The van der Waals surface area contributed by atoms with Crippen molar-refractivity contribution in [2.75, 3.05) is 0 Å². The molecule has 0 aliphatic heterocycles. The lowest BCUT2D eigenvalue weighted by molar-refractivity contribution is -0.290. The first-order chi connectivity index (χ1) is 8.24. The Labute approximate surface area is 103 Å². The summed E-state index contributed by atoms with van der Waals surface area (Å²) in [5.74, 6) is -9.58. The van der Waals surface area contributed by atoms with E-state index in [2.05, 4.69) is 0 Å². The monoisotopic (exact) mass is 302 g/mol. The zero-order chi connectivity index (χ0) is 15.2. The molecule has 4 unspecified atom stereocenters. The summed E-state index contributed by atoms with van der Waals surface area (Å²) in [7, 11) is 0. The van der Waals surface area contributed by atoms with Crippen molar-refractivity contribution in [2.45, 2.75) is 38.3 Å². The molecular formula is C10H11F9. The molecule has 0 aromatic carbocycles. The van der Waals surface area contributed by atoms with Gasteiger partial charge in [0.1, 0.15) is 0 Å². The van der Waals surface area contributed by atoms with E-state index in [1.165, 1.54) is 0 Å². The number of hydrogen-bond donors (Lipinski definition) is 0. The Hall–Kier alpha value is -0.630. The fourth-order valence-electron chi connectivity index (χ4n) is 2.58. The molecule has 0 saturated heterocycles. The maximum Gasteiger partial charge on any atom is 0.392 e. The van der Waals surface area contributed by atoms with E-state index >= 15 is 0 Å². The Morgan fingerprint density at radius 1 is 0.579 bits per heavy atom. The van der Waals surface area contributed by atoms with Crippen LogP contribution in [0.25, 0.3) is 0 Å². The van der Waals surface area contributed by atoms with Gasteiger partial charge in [-0.25, -0.2) is 0 Å². The van der Waals surface area contributed by atoms with Gasteiger partial charge in [0.15, 0.2) is 0 Å². The van der Waals surface area contributed by atoms with Crippen LogP contribution in [0.2, 0.25) is 0 Å². The maximum absolute atomic E-state index is 12.5. The molecule has 9 heteroatoms. The highest BCUT2D eigenvalue weighted by Gasteiger charge is 2.61. The summed E-state index contributed by atoms with van der Waals surface area (Å²) in [5, 5.41) is 0. The van der Waals surface area contributed by atoms with Crippen LogP contribution in [0.15, 0.2) is 0 Å². The van der Waals surface area contributed by atoms with Crippen LogP contribution in [0.3, 0.4) is 0 Å². The van der Waals surface area contributed by atoms with Crippen LogP contribution >= 0.6 is 0 Å². The average molecular weight is 302 g/mol. The molecule has 1 rings (SSSR count). The Morgan fingerprint density at radius 2 is 0.895 bits per heavy atom. The Bertz CT molecular complexity index is 310. The Morgan fingerprint density at radius 3 is 1.21 bits per heavy atom. The largest absolute Gasteiger partial charge is 0.392 e. The molecule has 1 aliphatic carbocycles. The van der Waals surface area contributed by atoms with Gasteiger partial charge in [-0.2, -0.15) is 39.5 Å².